The summed E-state index contributed by atoms with van der Waals surface area (Å²) in [6, 6.07) is 8.72. The lowest BCUT2D eigenvalue weighted by Crippen LogP contribution is -2.51. The molecule has 0 atom stereocenters. The lowest BCUT2D eigenvalue weighted by Gasteiger charge is -2.23. The van der Waals surface area contributed by atoms with Crippen LogP contribution in [0.4, 0.5) is 5.69 Å². The van der Waals surface area contributed by atoms with E-state index in [0.717, 1.165) is 5.69 Å². The minimum Gasteiger partial charge on any atom is -0.467 e. The van der Waals surface area contributed by atoms with Crippen LogP contribution in [0.15, 0.2) is 24.3 Å². The average Bonchev–Trinajstić information content (AvgIpc) is 2.44. The first kappa shape index (κ1) is 15.5. The highest BCUT2D eigenvalue weighted by atomic mass is 16.5. The molecule has 0 aliphatic rings. The largest absolute Gasteiger partial charge is 0.467 e. The standard InChI is InChI=1S/C14H17N3O3/c1-14(2,13(19)20-3)17-12(18)9-16-11-6-4-10(8-15)5-7-11/h4-7,16H,9H2,1-3H3,(H,17,18). The van der Waals surface area contributed by atoms with Crippen LogP contribution in [0.3, 0.4) is 0 Å². The van der Waals surface area contributed by atoms with Crippen LogP contribution < -0.4 is 10.6 Å². The number of methoxy groups -OCH3 is 1. The van der Waals surface area contributed by atoms with Crippen LogP contribution in [0.25, 0.3) is 0 Å². The molecule has 1 rings (SSSR count). The first-order chi connectivity index (χ1) is 9.39. The molecule has 6 heteroatoms. The number of hydrogen-bond acceptors (Lipinski definition) is 5. The Morgan fingerprint density at radius 3 is 2.40 bits per heavy atom. The average molecular weight is 275 g/mol. The van der Waals surface area contributed by atoms with Crippen LogP contribution in [0, 0.1) is 11.3 Å². The summed E-state index contributed by atoms with van der Waals surface area (Å²) in [5, 5.41) is 14.1. The van der Waals surface area contributed by atoms with Crippen molar-refractivity contribution in [2.45, 2.75) is 19.4 Å². The minimum atomic E-state index is -1.07. The molecule has 0 aliphatic heterocycles. The SMILES string of the molecule is COC(=O)C(C)(C)NC(=O)CNc1ccc(C#N)cc1. The fourth-order valence-corrected chi connectivity index (χ4v) is 1.54. The second-order valence-corrected chi connectivity index (χ2v) is 4.71. The maximum atomic E-state index is 11.7. The second kappa shape index (κ2) is 6.57. The summed E-state index contributed by atoms with van der Waals surface area (Å²) in [7, 11) is 1.27. The minimum absolute atomic E-state index is 0.0202. The Kier molecular flexibility index (Phi) is 5.09. The molecule has 0 spiro atoms. The lowest BCUT2D eigenvalue weighted by atomic mass is 10.1. The third-order valence-corrected chi connectivity index (χ3v) is 2.61. The number of esters is 1. The molecule has 1 aromatic carbocycles. The van der Waals surface area contributed by atoms with Crippen molar-refractivity contribution in [1.29, 1.82) is 5.26 Å². The molecule has 0 radical (unpaired) electrons. The van der Waals surface area contributed by atoms with Gasteiger partial charge in [0.05, 0.1) is 25.3 Å². The van der Waals surface area contributed by atoms with E-state index in [4.69, 9.17) is 5.26 Å². The highest BCUT2D eigenvalue weighted by Crippen LogP contribution is 2.08. The summed E-state index contributed by atoms with van der Waals surface area (Å²) in [5.74, 6) is -0.839. The van der Waals surface area contributed by atoms with Crippen LogP contribution in [0.2, 0.25) is 0 Å². The van der Waals surface area contributed by atoms with Gasteiger partial charge in [-0.3, -0.25) is 4.79 Å². The Bertz CT molecular complexity index is 530. The predicted octanol–water partition coefficient (Wildman–Crippen LogP) is 1.04. The number of carbonyl (C=O) groups excluding carboxylic acids is 2. The molecule has 0 saturated carbocycles. The third kappa shape index (κ3) is 4.28. The molecule has 0 aliphatic carbocycles. The van der Waals surface area contributed by atoms with Gasteiger partial charge in [0.1, 0.15) is 5.54 Å². The van der Waals surface area contributed by atoms with Crippen molar-refractivity contribution in [2.24, 2.45) is 0 Å². The molecule has 106 valence electrons. The quantitative estimate of drug-likeness (QED) is 0.783. The van der Waals surface area contributed by atoms with Gasteiger partial charge >= 0.3 is 5.97 Å². The summed E-state index contributed by atoms with van der Waals surface area (Å²) in [6.45, 7) is 3.16. The summed E-state index contributed by atoms with van der Waals surface area (Å²) < 4.78 is 4.60. The van der Waals surface area contributed by atoms with Crippen molar-refractivity contribution in [2.75, 3.05) is 19.0 Å². The third-order valence-electron chi connectivity index (χ3n) is 2.61. The molecule has 0 bridgehead atoms. The van der Waals surface area contributed by atoms with Crippen LogP contribution in [0.5, 0.6) is 0 Å². The number of amides is 1. The molecule has 0 heterocycles. The van der Waals surface area contributed by atoms with Gasteiger partial charge in [0.15, 0.2) is 0 Å². The lowest BCUT2D eigenvalue weighted by molar-refractivity contribution is -0.149. The van der Waals surface area contributed by atoms with E-state index in [-0.39, 0.29) is 12.5 Å². The zero-order valence-corrected chi connectivity index (χ0v) is 11.7. The van der Waals surface area contributed by atoms with Gasteiger partial charge in [0.25, 0.3) is 0 Å². The molecule has 6 nitrogen and oxygen atoms in total. The number of ether oxygens (including phenoxy) is 1. The van der Waals surface area contributed by atoms with E-state index in [1.165, 1.54) is 7.11 Å². The Hall–Kier alpha value is -2.55. The normalized spacial score (nSPS) is 10.3. The molecular formula is C14H17N3O3. The topological polar surface area (TPSA) is 91.2 Å². The van der Waals surface area contributed by atoms with Gasteiger partial charge in [-0.2, -0.15) is 5.26 Å². The van der Waals surface area contributed by atoms with Crippen LogP contribution in [-0.2, 0) is 14.3 Å². The van der Waals surface area contributed by atoms with E-state index in [1.807, 2.05) is 6.07 Å². The van der Waals surface area contributed by atoms with Crippen LogP contribution >= 0.6 is 0 Å². The van der Waals surface area contributed by atoms with Crippen molar-refractivity contribution in [3.05, 3.63) is 29.8 Å². The first-order valence-electron chi connectivity index (χ1n) is 6.02. The Balaban J connectivity index is 2.51. The molecule has 0 unspecified atom stereocenters. The highest BCUT2D eigenvalue weighted by Gasteiger charge is 2.30. The number of nitriles is 1. The Morgan fingerprint density at radius 2 is 1.90 bits per heavy atom. The smallest absolute Gasteiger partial charge is 0.330 e. The molecule has 1 aromatic rings. The number of carbonyl (C=O) groups is 2. The van der Waals surface area contributed by atoms with Crippen molar-refractivity contribution >= 4 is 17.6 Å². The van der Waals surface area contributed by atoms with Gasteiger partial charge in [0.2, 0.25) is 5.91 Å². The van der Waals surface area contributed by atoms with Gasteiger partial charge < -0.3 is 15.4 Å². The number of rotatable bonds is 5. The van der Waals surface area contributed by atoms with E-state index >= 15 is 0 Å². The molecule has 20 heavy (non-hydrogen) atoms. The van der Waals surface area contributed by atoms with Crippen molar-refractivity contribution < 1.29 is 14.3 Å². The Labute approximate surface area is 117 Å². The Morgan fingerprint density at radius 1 is 1.30 bits per heavy atom. The van der Waals surface area contributed by atoms with Crippen LogP contribution in [-0.4, -0.2) is 31.1 Å². The first-order valence-corrected chi connectivity index (χ1v) is 6.02. The number of benzene rings is 1. The highest BCUT2D eigenvalue weighted by molar-refractivity contribution is 5.89. The second-order valence-electron chi connectivity index (χ2n) is 4.71. The van der Waals surface area contributed by atoms with E-state index < -0.39 is 11.5 Å². The van der Waals surface area contributed by atoms with Crippen molar-refractivity contribution in [3.63, 3.8) is 0 Å². The summed E-state index contributed by atoms with van der Waals surface area (Å²) >= 11 is 0. The van der Waals surface area contributed by atoms with E-state index in [9.17, 15) is 9.59 Å². The molecule has 1 amide bonds. The zero-order chi connectivity index (χ0) is 15.2. The van der Waals surface area contributed by atoms with Crippen molar-refractivity contribution in [1.82, 2.24) is 5.32 Å². The van der Waals surface area contributed by atoms with Gasteiger partial charge in [-0.25, -0.2) is 4.79 Å². The van der Waals surface area contributed by atoms with Gasteiger partial charge in [-0.15, -0.1) is 0 Å². The number of hydrogen-bond donors (Lipinski definition) is 2. The monoisotopic (exact) mass is 275 g/mol. The van der Waals surface area contributed by atoms with Crippen LogP contribution in [0.1, 0.15) is 19.4 Å². The maximum Gasteiger partial charge on any atom is 0.330 e. The maximum absolute atomic E-state index is 11.7. The molecule has 0 fully saturated rings. The van der Waals surface area contributed by atoms with Crippen molar-refractivity contribution in [3.8, 4) is 6.07 Å². The fourth-order valence-electron chi connectivity index (χ4n) is 1.54. The summed E-state index contributed by atoms with van der Waals surface area (Å²) in [6.07, 6.45) is 0. The molecule has 2 N–H and O–H groups in total. The van der Waals surface area contributed by atoms with Gasteiger partial charge in [-0.1, -0.05) is 0 Å². The molecule has 0 aromatic heterocycles. The number of nitrogens with one attached hydrogen (secondary N) is 2. The van der Waals surface area contributed by atoms with Gasteiger partial charge in [-0.05, 0) is 38.1 Å². The number of anilines is 1. The molecule has 0 saturated heterocycles. The summed E-state index contributed by atoms with van der Waals surface area (Å²) in [5.41, 5.74) is 0.194. The number of nitrogens with zero attached hydrogens (tertiary/aromatic N) is 1. The zero-order valence-electron chi connectivity index (χ0n) is 11.7. The van der Waals surface area contributed by atoms with E-state index in [1.54, 1.807) is 38.1 Å². The molecular weight excluding hydrogens is 258 g/mol. The predicted molar refractivity (Wildman–Crippen MR) is 73.9 cm³/mol. The van der Waals surface area contributed by atoms with E-state index in [0.29, 0.717) is 5.56 Å². The van der Waals surface area contributed by atoms with E-state index in [2.05, 4.69) is 15.4 Å². The fraction of sp³-hybridized carbons (Fsp3) is 0.357. The van der Waals surface area contributed by atoms with Gasteiger partial charge in [0, 0.05) is 5.69 Å². The summed E-state index contributed by atoms with van der Waals surface area (Å²) in [4.78, 5) is 23.2.